The predicted molar refractivity (Wildman–Crippen MR) is 84.1 cm³/mol. The van der Waals surface area contributed by atoms with E-state index in [1.165, 1.54) is 16.4 Å². The van der Waals surface area contributed by atoms with Crippen molar-refractivity contribution in [1.82, 2.24) is 4.31 Å². The van der Waals surface area contributed by atoms with E-state index in [1.807, 2.05) is 13.0 Å². The number of sulfonamides is 1. The lowest BCUT2D eigenvalue weighted by Crippen LogP contribution is -2.40. The summed E-state index contributed by atoms with van der Waals surface area (Å²) in [5.74, 6) is 0.295. The van der Waals surface area contributed by atoms with E-state index in [1.54, 1.807) is 6.92 Å². The van der Waals surface area contributed by atoms with Crippen molar-refractivity contribution in [3.05, 3.63) is 33.9 Å². The van der Waals surface area contributed by atoms with Crippen molar-refractivity contribution in [2.24, 2.45) is 5.92 Å². The lowest BCUT2D eigenvalue weighted by Gasteiger charge is -2.27. The van der Waals surface area contributed by atoms with Gasteiger partial charge < -0.3 is 0 Å². The Morgan fingerprint density at radius 2 is 2.13 bits per heavy atom. The fraction of sp³-hybridized carbons (Fsp3) is 0.533. The zero-order chi connectivity index (χ0) is 17.2. The first kappa shape index (κ1) is 17.4. The minimum absolute atomic E-state index is 0.0875. The van der Waals surface area contributed by atoms with Gasteiger partial charge in [-0.15, -0.1) is 0 Å². The van der Waals surface area contributed by atoms with Gasteiger partial charge in [-0.05, 0) is 38.7 Å². The van der Waals surface area contributed by atoms with E-state index in [4.69, 9.17) is 5.26 Å². The van der Waals surface area contributed by atoms with Crippen LogP contribution in [0.3, 0.4) is 0 Å². The van der Waals surface area contributed by atoms with Gasteiger partial charge in [0.15, 0.2) is 0 Å². The van der Waals surface area contributed by atoms with E-state index >= 15 is 0 Å². The minimum Gasteiger partial charge on any atom is -0.258 e. The molecule has 0 heterocycles. The Bertz CT molecular complexity index is 750. The molecule has 0 saturated heterocycles. The van der Waals surface area contributed by atoms with Crippen LogP contribution in [0, 0.1) is 34.3 Å². The Morgan fingerprint density at radius 3 is 2.65 bits per heavy atom. The molecule has 23 heavy (non-hydrogen) atoms. The molecule has 0 unspecified atom stereocenters. The van der Waals surface area contributed by atoms with E-state index in [2.05, 4.69) is 0 Å². The summed E-state index contributed by atoms with van der Waals surface area (Å²) in [6.45, 7) is 3.49. The SMILES string of the molecule is Cc1ccc(S(=O)(=O)N(CCC#N)[C@H](C)C2CC2)cc1[N+](=O)[O-]. The molecule has 0 N–H and O–H groups in total. The van der Waals surface area contributed by atoms with E-state index in [9.17, 15) is 18.5 Å². The second-order valence-electron chi connectivity index (χ2n) is 5.81. The standard InChI is InChI=1S/C15H19N3O4S/c1-11-4-7-14(10-15(11)18(19)20)23(21,22)17(9-3-8-16)12(2)13-5-6-13/h4,7,10,12-13H,3,5-6,9H2,1-2H3/t12-/m1/s1. The third kappa shape index (κ3) is 3.68. The number of hydrogen-bond donors (Lipinski definition) is 0. The van der Waals surface area contributed by atoms with Gasteiger partial charge in [0.05, 0.1) is 15.9 Å². The number of aryl methyl sites for hydroxylation is 1. The summed E-state index contributed by atoms with van der Waals surface area (Å²) in [5.41, 5.74) is 0.193. The highest BCUT2D eigenvalue weighted by atomic mass is 32.2. The maximum atomic E-state index is 12.9. The molecule has 1 aliphatic rings. The molecule has 1 fully saturated rings. The quantitative estimate of drug-likeness (QED) is 0.562. The molecule has 2 rings (SSSR count). The lowest BCUT2D eigenvalue weighted by molar-refractivity contribution is -0.385. The van der Waals surface area contributed by atoms with Crippen molar-refractivity contribution >= 4 is 15.7 Å². The molecule has 124 valence electrons. The largest absolute Gasteiger partial charge is 0.273 e. The summed E-state index contributed by atoms with van der Waals surface area (Å²) < 4.78 is 27.1. The van der Waals surface area contributed by atoms with Crippen LogP contribution in [0.2, 0.25) is 0 Å². The maximum absolute atomic E-state index is 12.9. The third-order valence-electron chi connectivity index (χ3n) is 4.19. The van der Waals surface area contributed by atoms with Crippen molar-refractivity contribution in [2.45, 2.75) is 44.0 Å². The Morgan fingerprint density at radius 1 is 1.48 bits per heavy atom. The minimum atomic E-state index is -3.87. The number of benzene rings is 1. The highest BCUT2D eigenvalue weighted by Crippen LogP contribution is 2.37. The van der Waals surface area contributed by atoms with Crippen LogP contribution in [0.25, 0.3) is 0 Å². The molecule has 1 atom stereocenters. The summed E-state index contributed by atoms with van der Waals surface area (Å²) in [4.78, 5) is 10.4. The summed E-state index contributed by atoms with van der Waals surface area (Å²) in [7, 11) is -3.87. The smallest absolute Gasteiger partial charge is 0.258 e. The molecular weight excluding hydrogens is 318 g/mol. The number of hydrogen-bond acceptors (Lipinski definition) is 5. The van der Waals surface area contributed by atoms with Gasteiger partial charge in [-0.3, -0.25) is 10.1 Å². The van der Waals surface area contributed by atoms with Gasteiger partial charge in [0.25, 0.3) is 5.69 Å². The normalized spacial score (nSPS) is 16.1. The van der Waals surface area contributed by atoms with Crippen LogP contribution in [0.1, 0.15) is 31.7 Å². The molecule has 0 spiro atoms. The van der Waals surface area contributed by atoms with Crippen molar-refractivity contribution in [3.63, 3.8) is 0 Å². The molecule has 0 radical (unpaired) electrons. The molecule has 1 saturated carbocycles. The fourth-order valence-corrected chi connectivity index (χ4v) is 4.31. The van der Waals surface area contributed by atoms with Crippen LogP contribution in [-0.2, 0) is 10.0 Å². The van der Waals surface area contributed by atoms with Gasteiger partial charge in [0.1, 0.15) is 0 Å². The summed E-state index contributed by atoms with van der Waals surface area (Å²) in [5, 5.41) is 19.8. The number of nitro benzene ring substituents is 1. The number of nitrogens with zero attached hydrogens (tertiary/aromatic N) is 3. The van der Waals surface area contributed by atoms with E-state index in [0.29, 0.717) is 11.5 Å². The Labute approximate surface area is 135 Å². The molecule has 1 aromatic carbocycles. The van der Waals surface area contributed by atoms with Crippen LogP contribution >= 0.6 is 0 Å². The van der Waals surface area contributed by atoms with E-state index < -0.39 is 14.9 Å². The molecule has 0 aliphatic heterocycles. The first-order valence-corrected chi connectivity index (χ1v) is 8.87. The number of rotatable bonds is 7. The number of nitro groups is 1. The van der Waals surface area contributed by atoms with Crippen LogP contribution in [0.15, 0.2) is 23.1 Å². The third-order valence-corrected chi connectivity index (χ3v) is 6.17. The maximum Gasteiger partial charge on any atom is 0.273 e. The zero-order valence-corrected chi connectivity index (χ0v) is 13.9. The highest BCUT2D eigenvalue weighted by molar-refractivity contribution is 7.89. The topological polar surface area (TPSA) is 104 Å². The second-order valence-corrected chi connectivity index (χ2v) is 7.70. The van der Waals surface area contributed by atoms with Gasteiger partial charge in [-0.2, -0.15) is 9.57 Å². The van der Waals surface area contributed by atoms with Crippen molar-refractivity contribution in [1.29, 1.82) is 5.26 Å². The van der Waals surface area contributed by atoms with Gasteiger partial charge in [-0.1, -0.05) is 6.07 Å². The molecule has 8 heteroatoms. The fourth-order valence-electron chi connectivity index (χ4n) is 2.60. The Kier molecular flexibility index (Phi) is 5.02. The average molecular weight is 337 g/mol. The van der Waals surface area contributed by atoms with Gasteiger partial charge in [0.2, 0.25) is 10.0 Å². The number of nitriles is 1. The molecule has 1 aliphatic carbocycles. The summed E-state index contributed by atoms with van der Waals surface area (Å²) >= 11 is 0. The zero-order valence-electron chi connectivity index (χ0n) is 13.1. The van der Waals surface area contributed by atoms with Crippen molar-refractivity contribution in [2.75, 3.05) is 6.54 Å². The van der Waals surface area contributed by atoms with E-state index in [-0.39, 0.29) is 29.6 Å². The Balaban J connectivity index is 2.42. The van der Waals surface area contributed by atoms with Crippen LogP contribution in [-0.4, -0.2) is 30.2 Å². The van der Waals surface area contributed by atoms with Crippen molar-refractivity contribution in [3.8, 4) is 6.07 Å². The molecule has 0 amide bonds. The highest BCUT2D eigenvalue weighted by Gasteiger charge is 2.38. The van der Waals surface area contributed by atoms with Gasteiger partial charge >= 0.3 is 0 Å². The Hall–Kier alpha value is -1.98. The van der Waals surface area contributed by atoms with Gasteiger partial charge in [-0.25, -0.2) is 8.42 Å². The first-order valence-electron chi connectivity index (χ1n) is 7.43. The van der Waals surface area contributed by atoms with Crippen LogP contribution in [0.5, 0.6) is 0 Å². The van der Waals surface area contributed by atoms with E-state index in [0.717, 1.165) is 18.9 Å². The van der Waals surface area contributed by atoms with Crippen LogP contribution < -0.4 is 0 Å². The average Bonchev–Trinajstić information content (AvgIpc) is 3.31. The predicted octanol–water partition coefficient (Wildman–Crippen LogP) is 2.61. The van der Waals surface area contributed by atoms with Crippen molar-refractivity contribution < 1.29 is 13.3 Å². The second kappa shape index (κ2) is 6.64. The monoisotopic (exact) mass is 337 g/mol. The summed E-state index contributed by atoms with van der Waals surface area (Å²) in [6.07, 6.45) is 2.02. The molecule has 0 aromatic heterocycles. The first-order chi connectivity index (χ1) is 10.8. The molecular formula is C15H19N3O4S. The van der Waals surface area contributed by atoms with Gasteiger partial charge in [0, 0.05) is 30.6 Å². The molecule has 7 nitrogen and oxygen atoms in total. The molecule has 0 bridgehead atoms. The lowest BCUT2D eigenvalue weighted by atomic mass is 10.2. The van der Waals surface area contributed by atoms with Crippen LogP contribution in [0.4, 0.5) is 5.69 Å². The summed E-state index contributed by atoms with van der Waals surface area (Å²) in [6, 6.07) is 5.67. The molecule has 1 aromatic rings.